The van der Waals surface area contributed by atoms with Gasteiger partial charge in [0.05, 0.1) is 6.54 Å². The Labute approximate surface area is 294 Å². The molecule has 0 atom stereocenters. The maximum absolute atomic E-state index is 12.2. The van der Waals surface area contributed by atoms with Crippen molar-refractivity contribution >= 4 is 91.4 Å². The van der Waals surface area contributed by atoms with Crippen LogP contribution in [0.3, 0.4) is 0 Å². The molecule has 0 unspecified atom stereocenters. The lowest BCUT2D eigenvalue weighted by molar-refractivity contribution is -0.114. The quantitative estimate of drug-likeness (QED) is 0.160. The lowest BCUT2D eigenvalue weighted by Crippen LogP contribution is -2.39. The van der Waals surface area contributed by atoms with Crippen LogP contribution in [0.15, 0.2) is 61.0 Å². The predicted octanol–water partition coefficient (Wildman–Crippen LogP) is 4.21. The fourth-order valence-corrected chi connectivity index (χ4v) is 3.18. The summed E-state index contributed by atoms with van der Waals surface area (Å²) in [6.45, 7) is 7.13. The third-order valence-corrected chi connectivity index (χ3v) is 5.66. The predicted molar refractivity (Wildman–Crippen MR) is 189 cm³/mol. The van der Waals surface area contributed by atoms with Gasteiger partial charge in [0, 0.05) is 56.2 Å². The van der Waals surface area contributed by atoms with E-state index in [0.29, 0.717) is 30.2 Å². The van der Waals surface area contributed by atoms with Crippen LogP contribution in [-0.2, 0) is 14.3 Å². The number of hydrogen-bond donors (Lipinski definition) is 3. The van der Waals surface area contributed by atoms with Crippen LogP contribution in [0.1, 0.15) is 20.8 Å². The molecule has 16 heteroatoms. The van der Waals surface area contributed by atoms with Crippen LogP contribution in [0.2, 0.25) is 0 Å². The lowest BCUT2D eigenvalue weighted by atomic mass is 10.2. The van der Waals surface area contributed by atoms with Crippen LogP contribution in [0.5, 0.6) is 11.8 Å². The fourth-order valence-electron chi connectivity index (χ4n) is 2.36. The van der Waals surface area contributed by atoms with E-state index in [1.165, 1.54) is 23.1 Å². The molecule has 0 saturated heterocycles. The number of ether oxygens (including phenoxy) is 3. The first-order valence-corrected chi connectivity index (χ1v) is 15.7. The highest BCUT2D eigenvalue weighted by molar-refractivity contribution is 14.1. The molecule has 2 aromatic rings. The molecule has 43 heavy (non-hydrogen) atoms. The Bertz CT molecular complexity index is 1140. The Morgan fingerprint density at radius 1 is 0.907 bits per heavy atom. The molecule has 0 aliphatic heterocycles. The number of halogens is 4. The minimum Gasteiger partial charge on any atom is -0.476 e. The summed E-state index contributed by atoms with van der Waals surface area (Å²) < 4.78 is 18.1. The second-order valence-corrected chi connectivity index (χ2v) is 11.9. The molecule has 2 aromatic heterocycles. The van der Waals surface area contributed by atoms with Gasteiger partial charge in [0.2, 0.25) is 23.6 Å². The van der Waals surface area contributed by atoms with Gasteiger partial charge in [-0.15, -0.1) is 12.4 Å². The summed E-state index contributed by atoms with van der Waals surface area (Å²) in [5, 5.41) is 0.677. The van der Waals surface area contributed by atoms with E-state index in [-0.39, 0.29) is 32.1 Å². The van der Waals surface area contributed by atoms with Crippen molar-refractivity contribution in [3.63, 3.8) is 0 Å². The van der Waals surface area contributed by atoms with E-state index in [1.807, 2.05) is 18.2 Å². The second-order valence-electron chi connectivity index (χ2n) is 8.81. The molecular formula is C27H38BrClI2N6O6. The average Bonchev–Trinajstić information content (AvgIpc) is 2.91. The highest BCUT2D eigenvalue weighted by Gasteiger charge is 2.21. The molecule has 0 fully saturated rings. The van der Waals surface area contributed by atoms with Gasteiger partial charge >= 0.3 is 6.09 Å². The van der Waals surface area contributed by atoms with Crippen molar-refractivity contribution in [1.82, 2.24) is 14.9 Å². The Balaban J connectivity index is 0. The van der Waals surface area contributed by atoms with Crippen molar-refractivity contribution < 1.29 is 28.6 Å². The minimum absolute atomic E-state index is 0. The maximum atomic E-state index is 12.2. The first kappa shape index (κ1) is 42.9. The van der Waals surface area contributed by atoms with Crippen LogP contribution in [0.25, 0.3) is 0 Å². The van der Waals surface area contributed by atoms with E-state index in [1.54, 1.807) is 45.3 Å². The van der Waals surface area contributed by atoms with E-state index in [4.69, 9.17) is 31.4 Å². The summed E-state index contributed by atoms with van der Waals surface area (Å²) in [4.78, 5) is 42.4. The number of nitrogens with two attached hydrogens (primary N) is 3. The molecule has 0 radical (unpaired) electrons. The molecule has 3 amide bonds. The number of carbonyl (C=O) groups excluding carboxylic acids is 3. The molecular weight excluding hydrogens is 873 g/mol. The van der Waals surface area contributed by atoms with Crippen LogP contribution in [0.4, 0.5) is 4.79 Å². The van der Waals surface area contributed by atoms with E-state index in [0.717, 1.165) is 7.14 Å². The van der Waals surface area contributed by atoms with Crippen LogP contribution in [-0.4, -0.2) is 76.6 Å². The summed E-state index contributed by atoms with van der Waals surface area (Å²) in [6, 6.07) is 7.41. The molecule has 2 rings (SSSR count). The van der Waals surface area contributed by atoms with Crippen LogP contribution >= 0.6 is 73.5 Å². The Morgan fingerprint density at radius 3 is 1.77 bits per heavy atom. The van der Waals surface area contributed by atoms with E-state index in [2.05, 4.69) is 71.1 Å². The molecule has 0 aliphatic rings. The number of carbonyl (C=O) groups is 3. The first-order chi connectivity index (χ1) is 19.8. The summed E-state index contributed by atoms with van der Waals surface area (Å²) >= 11 is 7.43. The number of amides is 3. The van der Waals surface area contributed by atoms with Gasteiger partial charge in [-0.3, -0.25) is 9.59 Å². The Hall–Kier alpha value is -2.22. The van der Waals surface area contributed by atoms with E-state index in [9.17, 15) is 14.4 Å². The summed E-state index contributed by atoms with van der Waals surface area (Å²) in [6.07, 6.45) is 8.63. The molecule has 0 aromatic carbocycles. The number of alkyl halides is 1. The molecule has 12 nitrogen and oxygen atoms in total. The Morgan fingerprint density at radius 2 is 1.40 bits per heavy atom. The molecule has 6 N–H and O–H groups in total. The molecule has 0 saturated carbocycles. The normalized spacial score (nSPS) is 10.4. The average molecular weight is 912 g/mol. The SMILES string of the molecule is CC(C)(C)OC(=O)N(C/C=C/C(N)=O)CCOc1ccc(I)cn1.Cl.NC(=O)/C=C/CBr.NCCOc1ccc(I)cn1. The summed E-state index contributed by atoms with van der Waals surface area (Å²) in [7, 11) is 0. The molecule has 0 bridgehead atoms. The fraction of sp³-hybridized carbons (Fsp3) is 0.370. The number of rotatable bonds is 12. The smallest absolute Gasteiger partial charge is 0.410 e. The van der Waals surface area contributed by atoms with Gasteiger partial charge in [0.15, 0.2) is 0 Å². The highest BCUT2D eigenvalue weighted by atomic mass is 127. The van der Waals surface area contributed by atoms with Gasteiger partial charge in [-0.2, -0.15) is 0 Å². The summed E-state index contributed by atoms with van der Waals surface area (Å²) in [5.41, 5.74) is 14.4. The number of primary amides is 2. The third kappa shape index (κ3) is 25.9. The van der Waals surface area contributed by atoms with Crippen molar-refractivity contribution in [3.05, 3.63) is 68.1 Å². The molecule has 2 heterocycles. The number of allylic oxidation sites excluding steroid dienone is 1. The van der Waals surface area contributed by atoms with Gasteiger partial charge in [-0.1, -0.05) is 28.1 Å². The highest BCUT2D eigenvalue weighted by Crippen LogP contribution is 2.12. The van der Waals surface area contributed by atoms with Crippen LogP contribution < -0.4 is 26.7 Å². The number of hydrogen-bond acceptors (Lipinski definition) is 9. The zero-order valence-corrected chi connectivity index (χ0v) is 30.8. The number of pyridine rings is 2. The Kier molecular flexibility index (Phi) is 25.1. The van der Waals surface area contributed by atoms with Crippen molar-refractivity contribution in [2.45, 2.75) is 26.4 Å². The van der Waals surface area contributed by atoms with E-state index >= 15 is 0 Å². The van der Waals surface area contributed by atoms with Crippen molar-refractivity contribution in [2.75, 3.05) is 38.2 Å². The molecule has 0 spiro atoms. The second kappa shape index (κ2) is 25.1. The van der Waals surface area contributed by atoms with Crippen molar-refractivity contribution in [2.24, 2.45) is 17.2 Å². The number of aromatic nitrogens is 2. The molecule has 0 aliphatic carbocycles. The zero-order chi connectivity index (χ0) is 32.0. The minimum atomic E-state index is -0.610. The lowest BCUT2D eigenvalue weighted by Gasteiger charge is -2.26. The van der Waals surface area contributed by atoms with Crippen molar-refractivity contribution in [1.29, 1.82) is 0 Å². The van der Waals surface area contributed by atoms with Gasteiger partial charge in [0.1, 0.15) is 18.8 Å². The molecule has 240 valence electrons. The monoisotopic (exact) mass is 910 g/mol. The first-order valence-electron chi connectivity index (χ1n) is 12.4. The largest absolute Gasteiger partial charge is 0.476 e. The van der Waals surface area contributed by atoms with Crippen molar-refractivity contribution in [3.8, 4) is 11.8 Å². The van der Waals surface area contributed by atoms with Gasteiger partial charge < -0.3 is 36.3 Å². The van der Waals surface area contributed by atoms with Gasteiger partial charge in [-0.25, -0.2) is 14.8 Å². The standard InChI is InChI=1S/C16H22IN3O4.C7H9IN2O.C4H6BrNO.ClH/c1-16(2,3)24-15(22)20(8-4-5-13(18)21)9-10-23-14-7-6-12(17)11-19-14;8-6-1-2-7(10-5-6)11-4-3-9;5-3-1-2-4(6)7;/h4-7,11H,8-10H2,1-3H3,(H2,18,21);1-2,5H,3-4,9H2;1-2H,3H2,(H2,6,7);1H/b5-4+;;2-1+;. The van der Waals surface area contributed by atoms with Gasteiger partial charge in [-0.05, 0) is 84.2 Å². The zero-order valence-electron chi connectivity index (χ0n) is 24.1. The topological polar surface area (TPSA) is 186 Å². The number of nitrogens with zero attached hydrogens (tertiary/aromatic N) is 3. The van der Waals surface area contributed by atoms with Crippen LogP contribution in [0, 0.1) is 7.14 Å². The summed E-state index contributed by atoms with van der Waals surface area (Å²) in [5.74, 6) is 0.140. The third-order valence-electron chi connectivity index (χ3n) is 4.01. The maximum Gasteiger partial charge on any atom is 0.410 e. The van der Waals surface area contributed by atoms with E-state index < -0.39 is 23.5 Å². The van der Waals surface area contributed by atoms with Gasteiger partial charge in [0.25, 0.3) is 0 Å².